The van der Waals surface area contributed by atoms with Crippen molar-refractivity contribution in [1.29, 1.82) is 0 Å². The van der Waals surface area contributed by atoms with Crippen LogP contribution in [0.25, 0.3) is 0 Å². The maximum absolute atomic E-state index is 12.3. The van der Waals surface area contributed by atoms with Crippen LogP contribution in [0.1, 0.15) is 17.5 Å². The Morgan fingerprint density at radius 2 is 1.70 bits per heavy atom. The van der Waals surface area contributed by atoms with Gasteiger partial charge >= 0.3 is 6.03 Å². The zero-order valence-electron chi connectivity index (χ0n) is 17.4. The number of hydrogen-bond donors (Lipinski definition) is 2. The van der Waals surface area contributed by atoms with Gasteiger partial charge in [-0.15, -0.1) is 0 Å². The van der Waals surface area contributed by atoms with E-state index in [9.17, 15) is 14.4 Å². The fourth-order valence-corrected chi connectivity index (χ4v) is 3.27. The molecule has 0 saturated heterocycles. The highest BCUT2D eigenvalue weighted by Crippen LogP contribution is 2.19. The number of nitrogens with one attached hydrogen (secondary N) is 2. The first-order valence-electron chi connectivity index (χ1n) is 9.59. The lowest BCUT2D eigenvalue weighted by Crippen LogP contribution is -2.40. The number of nitrogens with zero attached hydrogens (tertiary/aromatic N) is 2. The number of likely N-dealkylation sites (N-methyl/N-ethyl adjacent to an activating group) is 1. The van der Waals surface area contributed by atoms with Crippen LogP contribution in [0.5, 0.6) is 0 Å². The standard InChI is InChI=1S/C22H27BrN4O3/c1-16-13-18(23)9-10-19(16)25-20(28)15-26(2)21(29)11-12-24-22(30)27(3)14-17-7-5-4-6-8-17/h4-10,13H,11-12,14-15H2,1-3H3,(H,24,30)(H,25,28). The Kier molecular flexibility index (Phi) is 8.86. The second-order valence-corrected chi connectivity index (χ2v) is 8.00. The average molecular weight is 475 g/mol. The average Bonchev–Trinajstić information content (AvgIpc) is 2.70. The lowest BCUT2D eigenvalue weighted by molar-refractivity contribution is -0.133. The fourth-order valence-electron chi connectivity index (χ4n) is 2.79. The highest BCUT2D eigenvalue weighted by Gasteiger charge is 2.15. The van der Waals surface area contributed by atoms with E-state index in [2.05, 4.69) is 26.6 Å². The summed E-state index contributed by atoms with van der Waals surface area (Å²) in [5.74, 6) is -0.494. The maximum Gasteiger partial charge on any atom is 0.317 e. The van der Waals surface area contributed by atoms with E-state index in [1.165, 1.54) is 4.90 Å². The molecule has 2 rings (SSSR count). The Labute approximate surface area is 185 Å². The van der Waals surface area contributed by atoms with Gasteiger partial charge < -0.3 is 20.4 Å². The molecule has 0 radical (unpaired) electrons. The lowest BCUT2D eigenvalue weighted by Gasteiger charge is -2.20. The van der Waals surface area contributed by atoms with E-state index < -0.39 is 0 Å². The van der Waals surface area contributed by atoms with Gasteiger partial charge in [-0.2, -0.15) is 0 Å². The minimum absolute atomic E-state index is 0.0593. The van der Waals surface area contributed by atoms with Crippen molar-refractivity contribution in [2.24, 2.45) is 0 Å². The Morgan fingerprint density at radius 3 is 2.37 bits per heavy atom. The third kappa shape index (κ3) is 7.51. The van der Waals surface area contributed by atoms with Gasteiger partial charge in [-0.05, 0) is 36.2 Å². The first-order valence-corrected chi connectivity index (χ1v) is 10.4. The summed E-state index contributed by atoms with van der Waals surface area (Å²) in [5, 5.41) is 5.53. The van der Waals surface area contributed by atoms with Gasteiger partial charge in [0.15, 0.2) is 0 Å². The van der Waals surface area contributed by atoms with Gasteiger partial charge in [-0.1, -0.05) is 46.3 Å². The molecule has 160 valence electrons. The van der Waals surface area contributed by atoms with Gasteiger partial charge in [0.2, 0.25) is 11.8 Å². The number of benzene rings is 2. The van der Waals surface area contributed by atoms with Crippen LogP contribution >= 0.6 is 15.9 Å². The van der Waals surface area contributed by atoms with Crippen LogP contribution in [0.4, 0.5) is 10.5 Å². The number of hydrogen-bond acceptors (Lipinski definition) is 3. The highest BCUT2D eigenvalue weighted by molar-refractivity contribution is 9.10. The zero-order valence-corrected chi connectivity index (χ0v) is 19.0. The van der Waals surface area contributed by atoms with Crippen molar-refractivity contribution in [3.8, 4) is 0 Å². The van der Waals surface area contributed by atoms with E-state index in [0.29, 0.717) is 12.2 Å². The van der Waals surface area contributed by atoms with Crippen molar-refractivity contribution < 1.29 is 14.4 Å². The number of amides is 4. The number of rotatable bonds is 8. The van der Waals surface area contributed by atoms with Crippen LogP contribution in [-0.2, 0) is 16.1 Å². The van der Waals surface area contributed by atoms with Gasteiger partial charge in [-0.3, -0.25) is 9.59 Å². The third-order valence-electron chi connectivity index (χ3n) is 4.49. The molecule has 2 aromatic carbocycles. The molecule has 0 aliphatic rings. The SMILES string of the molecule is Cc1cc(Br)ccc1NC(=O)CN(C)C(=O)CCNC(=O)N(C)Cc1ccccc1. The number of aryl methyl sites for hydroxylation is 1. The minimum Gasteiger partial charge on any atom is -0.337 e. The monoisotopic (exact) mass is 474 g/mol. The molecule has 2 aromatic rings. The molecule has 0 unspecified atom stereocenters. The summed E-state index contributed by atoms with van der Waals surface area (Å²) in [7, 11) is 3.27. The van der Waals surface area contributed by atoms with Crippen molar-refractivity contribution in [2.45, 2.75) is 19.9 Å². The molecule has 30 heavy (non-hydrogen) atoms. The largest absolute Gasteiger partial charge is 0.337 e. The van der Waals surface area contributed by atoms with Gasteiger partial charge in [0.1, 0.15) is 0 Å². The van der Waals surface area contributed by atoms with E-state index in [-0.39, 0.29) is 37.4 Å². The van der Waals surface area contributed by atoms with E-state index in [4.69, 9.17) is 0 Å². The molecule has 0 spiro atoms. The molecular formula is C22H27BrN4O3. The number of urea groups is 1. The quantitative estimate of drug-likeness (QED) is 0.614. The molecule has 0 aliphatic heterocycles. The Morgan fingerprint density at radius 1 is 1.00 bits per heavy atom. The van der Waals surface area contributed by atoms with E-state index >= 15 is 0 Å². The van der Waals surface area contributed by atoms with Crippen molar-refractivity contribution in [2.75, 3.05) is 32.5 Å². The molecule has 0 atom stereocenters. The zero-order chi connectivity index (χ0) is 22.1. The molecule has 0 bridgehead atoms. The molecular weight excluding hydrogens is 448 g/mol. The Balaban J connectivity index is 1.72. The highest BCUT2D eigenvalue weighted by atomic mass is 79.9. The van der Waals surface area contributed by atoms with Gasteiger partial charge in [0.05, 0.1) is 6.54 Å². The van der Waals surface area contributed by atoms with E-state index in [1.807, 2.05) is 49.4 Å². The number of anilines is 1. The van der Waals surface area contributed by atoms with Gasteiger partial charge in [0.25, 0.3) is 0 Å². The fraction of sp³-hybridized carbons (Fsp3) is 0.318. The van der Waals surface area contributed by atoms with Crippen LogP contribution in [0, 0.1) is 6.92 Å². The van der Waals surface area contributed by atoms with E-state index in [1.54, 1.807) is 25.1 Å². The first kappa shape index (κ1) is 23.4. The molecule has 4 amide bonds. The van der Waals surface area contributed by atoms with Crippen LogP contribution in [0.15, 0.2) is 53.0 Å². The summed E-state index contributed by atoms with van der Waals surface area (Å²) in [6, 6.07) is 15.0. The second-order valence-electron chi connectivity index (χ2n) is 7.08. The van der Waals surface area contributed by atoms with Crippen molar-refractivity contribution in [1.82, 2.24) is 15.1 Å². The summed E-state index contributed by atoms with van der Waals surface area (Å²) in [6.45, 7) is 2.52. The molecule has 2 N–H and O–H groups in total. The number of carbonyl (C=O) groups is 3. The van der Waals surface area contributed by atoms with Gasteiger partial charge in [-0.25, -0.2) is 4.79 Å². The molecule has 0 heterocycles. The topological polar surface area (TPSA) is 81.8 Å². The smallest absolute Gasteiger partial charge is 0.317 e. The molecule has 0 aliphatic carbocycles. The molecule has 0 aromatic heterocycles. The Bertz CT molecular complexity index is 889. The predicted octanol–water partition coefficient (Wildman–Crippen LogP) is 3.39. The number of halogens is 1. The third-order valence-corrected chi connectivity index (χ3v) is 4.99. The van der Waals surface area contributed by atoms with Crippen LogP contribution in [0.3, 0.4) is 0 Å². The lowest BCUT2D eigenvalue weighted by atomic mass is 10.2. The normalized spacial score (nSPS) is 10.3. The van der Waals surface area contributed by atoms with Gasteiger partial charge in [0, 0.05) is 43.8 Å². The van der Waals surface area contributed by atoms with Crippen molar-refractivity contribution in [3.63, 3.8) is 0 Å². The molecule has 7 nitrogen and oxygen atoms in total. The van der Waals surface area contributed by atoms with Crippen LogP contribution < -0.4 is 10.6 Å². The number of carbonyl (C=O) groups excluding carboxylic acids is 3. The van der Waals surface area contributed by atoms with Crippen LogP contribution in [0.2, 0.25) is 0 Å². The van der Waals surface area contributed by atoms with E-state index in [0.717, 1.165) is 15.6 Å². The summed E-state index contributed by atoms with van der Waals surface area (Å²) in [6.07, 6.45) is 0.117. The summed E-state index contributed by atoms with van der Waals surface area (Å²) >= 11 is 3.38. The first-order chi connectivity index (χ1) is 14.3. The second kappa shape index (κ2) is 11.3. The summed E-state index contributed by atoms with van der Waals surface area (Å²) in [4.78, 5) is 39.5. The van der Waals surface area contributed by atoms with Crippen LogP contribution in [-0.4, -0.2) is 54.8 Å². The van der Waals surface area contributed by atoms with Crippen molar-refractivity contribution >= 4 is 39.5 Å². The molecule has 8 heteroatoms. The minimum atomic E-state index is -0.275. The molecule has 0 saturated carbocycles. The molecule has 0 fully saturated rings. The summed E-state index contributed by atoms with van der Waals surface area (Å²) < 4.78 is 0.932. The predicted molar refractivity (Wildman–Crippen MR) is 121 cm³/mol. The van der Waals surface area contributed by atoms with Crippen molar-refractivity contribution in [3.05, 3.63) is 64.1 Å². The maximum atomic E-state index is 12.3. The summed E-state index contributed by atoms with van der Waals surface area (Å²) in [5.41, 5.74) is 2.66. The Hall–Kier alpha value is -2.87.